The highest BCUT2D eigenvalue weighted by molar-refractivity contribution is 6.02. The summed E-state index contributed by atoms with van der Waals surface area (Å²) in [5, 5.41) is 8.62. The van der Waals surface area contributed by atoms with Gasteiger partial charge in [0.15, 0.2) is 5.82 Å². The summed E-state index contributed by atoms with van der Waals surface area (Å²) in [5.41, 5.74) is 2.34. The molecule has 2 aromatic carbocycles. The fourth-order valence-corrected chi connectivity index (χ4v) is 5.14. The van der Waals surface area contributed by atoms with E-state index in [0.29, 0.717) is 28.9 Å². The number of nitrogens with zero attached hydrogens (tertiary/aromatic N) is 4. The molecule has 2 heterocycles. The molecular formula is C32H41F2N7O2. The van der Waals surface area contributed by atoms with Crippen molar-refractivity contribution in [1.29, 1.82) is 0 Å². The van der Waals surface area contributed by atoms with Crippen molar-refractivity contribution >= 4 is 29.4 Å². The van der Waals surface area contributed by atoms with Gasteiger partial charge in [-0.15, -0.1) is 0 Å². The second kappa shape index (κ2) is 14.9. The van der Waals surface area contributed by atoms with Crippen LogP contribution in [-0.4, -0.2) is 60.0 Å². The van der Waals surface area contributed by atoms with Crippen molar-refractivity contribution in [3.8, 4) is 11.3 Å². The van der Waals surface area contributed by atoms with Gasteiger partial charge in [0.1, 0.15) is 17.3 Å². The Bertz CT molecular complexity index is 1420. The van der Waals surface area contributed by atoms with Gasteiger partial charge in [-0.3, -0.25) is 4.79 Å². The van der Waals surface area contributed by atoms with Crippen molar-refractivity contribution in [1.82, 2.24) is 25.5 Å². The van der Waals surface area contributed by atoms with Crippen LogP contribution in [0.25, 0.3) is 11.3 Å². The molecule has 3 aromatic rings. The number of unbranched alkanes of at least 4 members (excludes halogenated alkanes) is 2. The number of para-hydroxylation sites is 1. The van der Waals surface area contributed by atoms with E-state index in [9.17, 15) is 9.59 Å². The summed E-state index contributed by atoms with van der Waals surface area (Å²) in [7, 11) is 1.55. The molecule has 9 nitrogen and oxygen atoms in total. The van der Waals surface area contributed by atoms with E-state index in [0.717, 1.165) is 74.3 Å². The van der Waals surface area contributed by atoms with E-state index in [1.807, 2.05) is 13.0 Å². The SMILES string of the molecule is CCCCN(CCCC)CCCNc1nc(-c2cc(C(=O)NC)ccc2C)c2c(n1)N(c1c(F)cccc1F)C(=O)NC2. The number of fused-ring (bicyclic) bond motifs is 1. The zero-order valence-electron chi connectivity index (χ0n) is 25.4. The van der Waals surface area contributed by atoms with Crippen LogP contribution in [0.5, 0.6) is 0 Å². The standard InChI is InChI=1S/C32H41F2N7O2/c1-5-7-16-40(17-8-6-2)18-10-15-36-31-38-27(23-19-22(30(42)35-4)14-13-21(23)3)24-20-37-32(43)41(29(24)39-31)28-25(33)11-9-12-26(28)34/h9,11-14,19H,5-8,10,15-18,20H2,1-4H3,(H,35,42)(H,37,43)(H,36,38,39). The third-order valence-corrected chi connectivity index (χ3v) is 7.55. The summed E-state index contributed by atoms with van der Waals surface area (Å²) in [4.78, 5) is 38.4. The molecule has 0 unspecified atom stereocenters. The minimum Gasteiger partial charge on any atom is -0.355 e. The van der Waals surface area contributed by atoms with Gasteiger partial charge >= 0.3 is 6.03 Å². The van der Waals surface area contributed by atoms with Gasteiger partial charge in [-0.25, -0.2) is 23.5 Å². The zero-order valence-corrected chi connectivity index (χ0v) is 25.4. The van der Waals surface area contributed by atoms with Crippen molar-refractivity contribution < 1.29 is 18.4 Å². The number of benzene rings is 2. The van der Waals surface area contributed by atoms with Gasteiger partial charge in [-0.1, -0.05) is 38.8 Å². The number of anilines is 3. The predicted molar refractivity (Wildman–Crippen MR) is 166 cm³/mol. The van der Waals surface area contributed by atoms with Crippen LogP contribution < -0.4 is 20.9 Å². The molecule has 230 valence electrons. The first-order valence-electron chi connectivity index (χ1n) is 15.0. The lowest BCUT2D eigenvalue weighted by atomic mass is 9.97. The summed E-state index contributed by atoms with van der Waals surface area (Å²) >= 11 is 0. The van der Waals surface area contributed by atoms with Gasteiger partial charge < -0.3 is 20.9 Å². The second-order valence-electron chi connectivity index (χ2n) is 10.7. The number of urea groups is 1. The predicted octanol–water partition coefficient (Wildman–Crippen LogP) is 6.16. The summed E-state index contributed by atoms with van der Waals surface area (Å²) < 4.78 is 30.0. The van der Waals surface area contributed by atoms with Crippen molar-refractivity contribution in [2.24, 2.45) is 0 Å². The number of carbonyl (C=O) groups excluding carboxylic acids is 2. The van der Waals surface area contributed by atoms with Crippen LogP contribution in [0.4, 0.5) is 31.0 Å². The summed E-state index contributed by atoms with van der Waals surface area (Å²) in [6.07, 6.45) is 5.40. The molecule has 0 atom stereocenters. The number of aromatic nitrogens is 2. The quantitative estimate of drug-likeness (QED) is 0.194. The van der Waals surface area contributed by atoms with E-state index in [-0.39, 0.29) is 24.2 Å². The Morgan fingerprint density at radius 1 is 1.02 bits per heavy atom. The highest BCUT2D eigenvalue weighted by atomic mass is 19.1. The Hall–Kier alpha value is -4.12. The molecule has 1 aliphatic rings. The highest BCUT2D eigenvalue weighted by Gasteiger charge is 2.34. The van der Waals surface area contributed by atoms with E-state index >= 15 is 8.78 Å². The number of aryl methyl sites for hydroxylation is 1. The molecule has 0 bridgehead atoms. The molecule has 3 amide bonds. The lowest BCUT2D eigenvalue weighted by Gasteiger charge is -2.31. The van der Waals surface area contributed by atoms with Crippen LogP contribution in [0, 0.1) is 18.6 Å². The molecular weight excluding hydrogens is 552 g/mol. The van der Waals surface area contributed by atoms with Crippen LogP contribution in [-0.2, 0) is 6.54 Å². The third kappa shape index (κ3) is 7.45. The largest absolute Gasteiger partial charge is 0.355 e. The molecule has 0 saturated carbocycles. The fraction of sp³-hybridized carbons (Fsp3) is 0.438. The first-order chi connectivity index (χ1) is 20.8. The van der Waals surface area contributed by atoms with Crippen LogP contribution >= 0.6 is 0 Å². The molecule has 3 N–H and O–H groups in total. The molecule has 4 rings (SSSR count). The minimum atomic E-state index is -0.894. The number of carbonyl (C=O) groups is 2. The molecule has 0 fully saturated rings. The first-order valence-corrected chi connectivity index (χ1v) is 15.0. The second-order valence-corrected chi connectivity index (χ2v) is 10.7. The van der Waals surface area contributed by atoms with Gasteiger partial charge in [0.25, 0.3) is 5.91 Å². The maximum Gasteiger partial charge on any atom is 0.328 e. The molecule has 0 spiro atoms. The average Bonchev–Trinajstić information content (AvgIpc) is 3.00. The number of hydrogen-bond acceptors (Lipinski definition) is 6. The smallest absolute Gasteiger partial charge is 0.328 e. The van der Waals surface area contributed by atoms with E-state index in [1.54, 1.807) is 19.2 Å². The summed E-state index contributed by atoms with van der Waals surface area (Å²) in [5.74, 6) is -1.74. The number of nitrogens with one attached hydrogen (secondary N) is 3. The molecule has 1 aromatic heterocycles. The lowest BCUT2D eigenvalue weighted by molar-refractivity contribution is 0.0963. The number of amides is 3. The average molecular weight is 594 g/mol. The monoisotopic (exact) mass is 593 g/mol. The van der Waals surface area contributed by atoms with Crippen LogP contribution in [0.15, 0.2) is 36.4 Å². The Morgan fingerprint density at radius 2 is 1.70 bits per heavy atom. The molecule has 11 heteroatoms. The lowest BCUT2D eigenvalue weighted by Crippen LogP contribution is -2.43. The van der Waals surface area contributed by atoms with Crippen molar-refractivity contribution in [3.05, 3.63) is 64.7 Å². The van der Waals surface area contributed by atoms with E-state index < -0.39 is 23.4 Å². The highest BCUT2D eigenvalue weighted by Crippen LogP contribution is 2.39. The van der Waals surface area contributed by atoms with Gasteiger partial charge in [0.05, 0.1) is 12.2 Å². The Kier molecular flexibility index (Phi) is 11.0. The molecule has 43 heavy (non-hydrogen) atoms. The van der Waals surface area contributed by atoms with Crippen LogP contribution in [0.3, 0.4) is 0 Å². The maximum atomic E-state index is 15.0. The molecule has 0 aliphatic carbocycles. The van der Waals surface area contributed by atoms with Gasteiger partial charge in [-0.2, -0.15) is 4.98 Å². The van der Waals surface area contributed by atoms with Crippen LogP contribution in [0.2, 0.25) is 0 Å². The fourth-order valence-electron chi connectivity index (χ4n) is 5.14. The molecule has 1 aliphatic heterocycles. The first kappa shape index (κ1) is 31.8. The van der Waals surface area contributed by atoms with Gasteiger partial charge in [-0.05, 0) is 75.6 Å². The van der Waals surface area contributed by atoms with Crippen LogP contribution in [0.1, 0.15) is 67.4 Å². The number of rotatable bonds is 14. The molecule has 0 radical (unpaired) electrons. The Balaban J connectivity index is 1.74. The van der Waals surface area contributed by atoms with Gasteiger partial charge in [0, 0.05) is 30.3 Å². The normalized spacial score (nSPS) is 12.7. The maximum absolute atomic E-state index is 15.0. The Morgan fingerprint density at radius 3 is 2.35 bits per heavy atom. The van der Waals surface area contributed by atoms with E-state index in [4.69, 9.17) is 4.98 Å². The summed E-state index contributed by atoms with van der Waals surface area (Å²) in [6.45, 7) is 9.88. The van der Waals surface area contributed by atoms with E-state index in [2.05, 4.69) is 39.7 Å². The van der Waals surface area contributed by atoms with Crippen molar-refractivity contribution in [2.75, 3.05) is 43.4 Å². The third-order valence-electron chi connectivity index (χ3n) is 7.55. The number of hydrogen-bond donors (Lipinski definition) is 3. The molecule has 0 saturated heterocycles. The Labute approximate surface area is 252 Å². The zero-order chi connectivity index (χ0) is 30.9. The number of halogens is 2. The van der Waals surface area contributed by atoms with Gasteiger partial charge in [0.2, 0.25) is 5.95 Å². The minimum absolute atomic E-state index is 0.0454. The topological polar surface area (TPSA) is 102 Å². The summed E-state index contributed by atoms with van der Waals surface area (Å²) in [6, 6.07) is 8.00. The van der Waals surface area contributed by atoms with Crippen molar-refractivity contribution in [2.45, 2.75) is 59.4 Å². The van der Waals surface area contributed by atoms with E-state index in [1.165, 1.54) is 6.07 Å². The van der Waals surface area contributed by atoms with Crippen molar-refractivity contribution in [3.63, 3.8) is 0 Å².